The molecule has 0 radical (unpaired) electrons. The molecular formula is C26H30N2O7. The summed E-state index contributed by atoms with van der Waals surface area (Å²) < 4.78 is 15.9. The summed E-state index contributed by atoms with van der Waals surface area (Å²) in [6, 6.07) is 13.4. The summed E-state index contributed by atoms with van der Waals surface area (Å²) in [6.45, 7) is 6.18. The van der Waals surface area contributed by atoms with E-state index in [0.29, 0.717) is 35.9 Å². The van der Waals surface area contributed by atoms with Crippen LogP contribution in [0.4, 0.5) is 11.4 Å². The van der Waals surface area contributed by atoms with Crippen molar-refractivity contribution in [3.8, 4) is 5.75 Å². The van der Waals surface area contributed by atoms with Gasteiger partial charge in [-0.2, -0.15) is 0 Å². The summed E-state index contributed by atoms with van der Waals surface area (Å²) in [7, 11) is 0. The van der Waals surface area contributed by atoms with E-state index in [2.05, 4.69) is 5.32 Å². The molecule has 1 atom stereocenters. The van der Waals surface area contributed by atoms with Crippen molar-refractivity contribution in [1.29, 1.82) is 0 Å². The highest BCUT2D eigenvalue weighted by Gasteiger charge is 2.37. The average molecular weight is 483 g/mol. The summed E-state index contributed by atoms with van der Waals surface area (Å²) in [5.41, 5.74) is 1.42. The van der Waals surface area contributed by atoms with Gasteiger partial charge in [-0.3, -0.25) is 14.4 Å². The number of benzene rings is 2. The van der Waals surface area contributed by atoms with Crippen LogP contribution in [0, 0.1) is 11.8 Å². The highest BCUT2D eigenvalue weighted by atomic mass is 16.5. The third kappa shape index (κ3) is 7.05. The summed E-state index contributed by atoms with van der Waals surface area (Å²) in [5.74, 6) is -1.68. The van der Waals surface area contributed by atoms with Crippen LogP contribution in [0.2, 0.25) is 0 Å². The van der Waals surface area contributed by atoms with E-state index in [0.717, 1.165) is 0 Å². The van der Waals surface area contributed by atoms with Gasteiger partial charge in [-0.1, -0.05) is 26.0 Å². The van der Waals surface area contributed by atoms with E-state index >= 15 is 0 Å². The maximum absolute atomic E-state index is 12.5. The molecule has 186 valence electrons. The molecule has 0 saturated carbocycles. The van der Waals surface area contributed by atoms with Crippen molar-refractivity contribution in [3.63, 3.8) is 0 Å². The van der Waals surface area contributed by atoms with Gasteiger partial charge in [0.05, 0.1) is 30.4 Å². The van der Waals surface area contributed by atoms with Gasteiger partial charge in [0.15, 0.2) is 6.61 Å². The second-order valence-electron chi connectivity index (χ2n) is 8.53. The Balaban J connectivity index is 1.49. The molecule has 1 saturated heterocycles. The molecule has 1 fully saturated rings. The quantitative estimate of drug-likeness (QED) is 0.517. The highest BCUT2D eigenvalue weighted by molar-refractivity contribution is 6.01. The Morgan fingerprint density at radius 3 is 2.46 bits per heavy atom. The first-order valence-electron chi connectivity index (χ1n) is 11.5. The number of rotatable bonds is 10. The van der Waals surface area contributed by atoms with Crippen LogP contribution in [0.25, 0.3) is 0 Å². The second kappa shape index (κ2) is 12.0. The lowest BCUT2D eigenvalue weighted by molar-refractivity contribution is -0.151. The van der Waals surface area contributed by atoms with Crippen LogP contribution in [0.3, 0.4) is 0 Å². The number of nitrogens with one attached hydrogen (secondary N) is 1. The molecule has 0 aromatic heterocycles. The van der Waals surface area contributed by atoms with Crippen LogP contribution in [-0.4, -0.2) is 50.1 Å². The minimum absolute atomic E-state index is 0.00468. The topological polar surface area (TPSA) is 111 Å². The molecule has 9 nitrogen and oxygen atoms in total. The minimum Gasteiger partial charge on any atom is -0.492 e. The molecule has 2 aromatic rings. The van der Waals surface area contributed by atoms with E-state index in [1.807, 2.05) is 26.8 Å². The predicted octanol–water partition coefficient (Wildman–Crippen LogP) is 3.43. The molecule has 0 unspecified atom stereocenters. The number of nitrogens with zero attached hydrogens (tertiary/aromatic N) is 1. The van der Waals surface area contributed by atoms with Gasteiger partial charge in [-0.15, -0.1) is 0 Å². The second-order valence-corrected chi connectivity index (χ2v) is 8.53. The molecule has 2 aromatic carbocycles. The zero-order chi connectivity index (χ0) is 25.4. The number of esters is 2. The Morgan fingerprint density at radius 2 is 1.77 bits per heavy atom. The molecule has 1 heterocycles. The average Bonchev–Trinajstić information content (AvgIpc) is 3.23. The van der Waals surface area contributed by atoms with E-state index in [9.17, 15) is 19.2 Å². The van der Waals surface area contributed by atoms with E-state index in [1.165, 1.54) is 4.90 Å². The lowest BCUT2D eigenvalue weighted by Crippen LogP contribution is -2.28. The van der Waals surface area contributed by atoms with Crippen molar-refractivity contribution in [3.05, 3.63) is 54.1 Å². The molecule has 1 aliphatic heterocycles. The number of ether oxygens (including phenoxy) is 3. The fourth-order valence-electron chi connectivity index (χ4n) is 3.52. The zero-order valence-electron chi connectivity index (χ0n) is 20.1. The van der Waals surface area contributed by atoms with Crippen LogP contribution < -0.4 is 15.0 Å². The van der Waals surface area contributed by atoms with Gasteiger partial charge in [0, 0.05) is 18.7 Å². The fourth-order valence-corrected chi connectivity index (χ4v) is 3.52. The third-order valence-electron chi connectivity index (χ3n) is 5.21. The standard InChI is InChI=1S/C26H30N2O7/c1-4-33-22-8-6-5-7-21(22)28-14-19(13-24(28)30)26(32)35-16-23(29)27-20-11-9-18(10-12-20)25(31)34-15-17(2)3/h5-12,17,19H,4,13-16H2,1-3H3,(H,27,29)/t19-/m1/s1. The van der Waals surface area contributed by atoms with E-state index in [4.69, 9.17) is 14.2 Å². The molecule has 0 bridgehead atoms. The number of amides is 2. The molecule has 0 spiro atoms. The molecule has 2 amide bonds. The van der Waals surface area contributed by atoms with Gasteiger partial charge in [-0.25, -0.2) is 4.79 Å². The Labute approximate surface area is 204 Å². The van der Waals surface area contributed by atoms with E-state index in [-0.39, 0.29) is 24.8 Å². The smallest absolute Gasteiger partial charge is 0.338 e. The van der Waals surface area contributed by atoms with Crippen molar-refractivity contribution in [2.24, 2.45) is 11.8 Å². The van der Waals surface area contributed by atoms with Gasteiger partial charge >= 0.3 is 11.9 Å². The number of carbonyl (C=O) groups excluding carboxylic acids is 4. The summed E-state index contributed by atoms with van der Waals surface area (Å²) >= 11 is 0. The number of carbonyl (C=O) groups is 4. The molecule has 0 aliphatic carbocycles. The highest BCUT2D eigenvalue weighted by Crippen LogP contribution is 2.33. The Kier molecular flexibility index (Phi) is 8.83. The zero-order valence-corrected chi connectivity index (χ0v) is 20.1. The lowest BCUT2D eigenvalue weighted by atomic mass is 10.1. The van der Waals surface area contributed by atoms with Crippen molar-refractivity contribution >= 4 is 35.1 Å². The first-order valence-corrected chi connectivity index (χ1v) is 11.5. The van der Waals surface area contributed by atoms with Crippen molar-refractivity contribution in [1.82, 2.24) is 0 Å². The van der Waals surface area contributed by atoms with Gasteiger partial charge < -0.3 is 24.4 Å². The minimum atomic E-state index is -0.680. The Morgan fingerprint density at radius 1 is 1.06 bits per heavy atom. The van der Waals surface area contributed by atoms with Gasteiger partial charge in [0.2, 0.25) is 5.91 Å². The van der Waals surface area contributed by atoms with E-state index in [1.54, 1.807) is 42.5 Å². The number of hydrogen-bond donors (Lipinski definition) is 1. The Hall–Kier alpha value is -3.88. The lowest BCUT2D eigenvalue weighted by Gasteiger charge is -2.19. The molecule has 9 heteroatoms. The predicted molar refractivity (Wildman–Crippen MR) is 129 cm³/mol. The number of hydrogen-bond acceptors (Lipinski definition) is 7. The van der Waals surface area contributed by atoms with Crippen LogP contribution in [0.1, 0.15) is 37.6 Å². The molecular weight excluding hydrogens is 452 g/mol. The number of anilines is 2. The molecule has 3 rings (SSSR count). The van der Waals surface area contributed by atoms with Crippen LogP contribution in [0.5, 0.6) is 5.75 Å². The SMILES string of the molecule is CCOc1ccccc1N1C[C@H](C(=O)OCC(=O)Nc2ccc(C(=O)OCC(C)C)cc2)CC1=O. The maximum Gasteiger partial charge on any atom is 0.338 e. The molecule has 1 aliphatic rings. The third-order valence-corrected chi connectivity index (χ3v) is 5.21. The van der Waals surface area contributed by atoms with Crippen LogP contribution in [0.15, 0.2) is 48.5 Å². The number of para-hydroxylation sites is 2. The molecule has 1 N–H and O–H groups in total. The van der Waals surface area contributed by atoms with Crippen LogP contribution >= 0.6 is 0 Å². The monoisotopic (exact) mass is 482 g/mol. The first-order chi connectivity index (χ1) is 16.8. The van der Waals surface area contributed by atoms with Crippen molar-refractivity contribution in [2.45, 2.75) is 27.2 Å². The van der Waals surface area contributed by atoms with Gasteiger partial charge in [0.1, 0.15) is 5.75 Å². The maximum atomic E-state index is 12.5. The van der Waals surface area contributed by atoms with E-state index < -0.39 is 30.4 Å². The summed E-state index contributed by atoms with van der Waals surface area (Å²) in [5, 5.41) is 2.61. The summed E-state index contributed by atoms with van der Waals surface area (Å²) in [4.78, 5) is 50.7. The van der Waals surface area contributed by atoms with Crippen molar-refractivity contribution in [2.75, 3.05) is 36.6 Å². The van der Waals surface area contributed by atoms with Crippen molar-refractivity contribution < 1.29 is 33.4 Å². The summed E-state index contributed by atoms with van der Waals surface area (Å²) in [6.07, 6.45) is -0.00468. The van der Waals surface area contributed by atoms with Gasteiger partial charge in [-0.05, 0) is 49.2 Å². The normalized spacial score (nSPS) is 15.1. The molecule has 35 heavy (non-hydrogen) atoms. The Bertz CT molecular complexity index is 1070. The fraction of sp³-hybridized carbons (Fsp3) is 0.385. The van der Waals surface area contributed by atoms with Crippen LogP contribution in [-0.2, 0) is 23.9 Å². The largest absolute Gasteiger partial charge is 0.492 e. The first kappa shape index (κ1) is 25.7. The van der Waals surface area contributed by atoms with Gasteiger partial charge in [0.25, 0.3) is 5.91 Å².